The number of rotatable bonds is 4. The quantitative estimate of drug-likeness (QED) is 0.772. The molecule has 3 unspecified atom stereocenters. The lowest BCUT2D eigenvalue weighted by Gasteiger charge is -2.31. The Bertz CT molecular complexity index is 179. The van der Waals surface area contributed by atoms with Gasteiger partial charge in [0.15, 0.2) is 0 Å². The zero-order chi connectivity index (χ0) is 10.8. The van der Waals surface area contributed by atoms with Crippen LogP contribution in [0.25, 0.3) is 0 Å². The van der Waals surface area contributed by atoms with E-state index in [0.29, 0.717) is 11.5 Å². The van der Waals surface area contributed by atoms with Crippen molar-refractivity contribution in [3.63, 3.8) is 0 Å². The van der Waals surface area contributed by atoms with Crippen LogP contribution in [0.5, 0.6) is 0 Å². The number of thioether (sulfide) groups is 1. The second-order valence-corrected chi connectivity index (χ2v) is 6.87. The molecule has 1 fully saturated rings. The molecule has 0 aromatic heterocycles. The van der Waals surface area contributed by atoms with E-state index < -0.39 is 0 Å². The predicted octanol–water partition coefficient (Wildman–Crippen LogP) is 3.29. The molecule has 0 aromatic carbocycles. The van der Waals surface area contributed by atoms with Crippen LogP contribution in [0.2, 0.25) is 0 Å². The van der Waals surface area contributed by atoms with Gasteiger partial charge in [-0.1, -0.05) is 27.7 Å². The molecule has 1 nitrogen and oxygen atoms in total. The summed E-state index contributed by atoms with van der Waals surface area (Å²) in [4.78, 5) is 0. The first-order chi connectivity index (χ1) is 6.51. The topological polar surface area (TPSA) is 12.0 Å². The Morgan fingerprint density at radius 3 is 2.64 bits per heavy atom. The predicted molar refractivity (Wildman–Crippen MR) is 67.0 cm³/mol. The standard InChI is InChI=1S/C12H25NS/c1-6-9(2)14-10-7-8-12(3,4)11(10)13-5/h9-11,13H,6-8H2,1-5H3. The fourth-order valence-corrected chi connectivity index (χ4v) is 4.16. The van der Waals surface area contributed by atoms with Crippen molar-refractivity contribution in [1.29, 1.82) is 0 Å². The summed E-state index contributed by atoms with van der Waals surface area (Å²) in [6.45, 7) is 9.42. The van der Waals surface area contributed by atoms with Gasteiger partial charge < -0.3 is 5.32 Å². The Morgan fingerprint density at radius 2 is 2.14 bits per heavy atom. The highest BCUT2D eigenvalue weighted by Gasteiger charge is 2.41. The molecule has 3 atom stereocenters. The van der Waals surface area contributed by atoms with Gasteiger partial charge in [-0.2, -0.15) is 11.8 Å². The van der Waals surface area contributed by atoms with E-state index in [4.69, 9.17) is 0 Å². The minimum Gasteiger partial charge on any atom is -0.315 e. The molecule has 1 N–H and O–H groups in total. The maximum atomic E-state index is 3.51. The summed E-state index contributed by atoms with van der Waals surface area (Å²) < 4.78 is 0. The van der Waals surface area contributed by atoms with E-state index in [1.807, 2.05) is 0 Å². The SMILES string of the molecule is CCC(C)SC1CCC(C)(C)C1NC. The molecule has 1 saturated carbocycles. The van der Waals surface area contributed by atoms with Gasteiger partial charge in [0.1, 0.15) is 0 Å². The Hall–Kier alpha value is 0.310. The van der Waals surface area contributed by atoms with Gasteiger partial charge in [0.05, 0.1) is 0 Å². The maximum absolute atomic E-state index is 3.51. The molecule has 2 heteroatoms. The van der Waals surface area contributed by atoms with Gasteiger partial charge in [-0.3, -0.25) is 0 Å². The van der Waals surface area contributed by atoms with Crippen molar-refractivity contribution < 1.29 is 0 Å². The minimum atomic E-state index is 0.486. The van der Waals surface area contributed by atoms with Crippen LogP contribution in [0.15, 0.2) is 0 Å². The van der Waals surface area contributed by atoms with Gasteiger partial charge in [-0.15, -0.1) is 0 Å². The van der Waals surface area contributed by atoms with Gasteiger partial charge in [-0.25, -0.2) is 0 Å². The van der Waals surface area contributed by atoms with Crippen LogP contribution >= 0.6 is 11.8 Å². The lowest BCUT2D eigenvalue weighted by Crippen LogP contribution is -2.41. The van der Waals surface area contributed by atoms with Crippen LogP contribution in [0, 0.1) is 5.41 Å². The van der Waals surface area contributed by atoms with E-state index in [1.54, 1.807) is 0 Å². The molecule has 0 saturated heterocycles. The summed E-state index contributed by atoms with van der Waals surface area (Å²) in [5, 5.41) is 5.15. The van der Waals surface area contributed by atoms with Crippen molar-refractivity contribution in [1.82, 2.24) is 5.32 Å². The highest BCUT2D eigenvalue weighted by Crippen LogP contribution is 2.44. The van der Waals surface area contributed by atoms with E-state index >= 15 is 0 Å². The van der Waals surface area contributed by atoms with Crippen molar-refractivity contribution in [3.05, 3.63) is 0 Å². The Balaban J connectivity index is 2.54. The van der Waals surface area contributed by atoms with E-state index in [0.717, 1.165) is 10.5 Å². The number of hydrogen-bond donors (Lipinski definition) is 1. The van der Waals surface area contributed by atoms with E-state index in [2.05, 4.69) is 51.8 Å². The van der Waals surface area contributed by atoms with Crippen molar-refractivity contribution in [2.75, 3.05) is 7.05 Å². The molecule has 0 spiro atoms. The molecule has 0 amide bonds. The first-order valence-electron chi connectivity index (χ1n) is 5.84. The van der Waals surface area contributed by atoms with Gasteiger partial charge in [0.25, 0.3) is 0 Å². The summed E-state index contributed by atoms with van der Waals surface area (Å²) >= 11 is 2.18. The van der Waals surface area contributed by atoms with Crippen LogP contribution in [-0.4, -0.2) is 23.6 Å². The molecule has 1 aliphatic carbocycles. The van der Waals surface area contributed by atoms with Gasteiger partial charge in [0, 0.05) is 16.5 Å². The highest BCUT2D eigenvalue weighted by atomic mass is 32.2. The lowest BCUT2D eigenvalue weighted by molar-refractivity contribution is 0.300. The summed E-state index contributed by atoms with van der Waals surface area (Å²) in [5.41, 5.74) is 0.486. The Kier molecular flexibility index (Phi) is 4.32. The second kappa shape index (κ2) is 4.89. The largest absolute Gasteiger partial charge is 0.315 e. The smallest absolute Gasteiger partial charge is 0.0234 e. The molecule has 84 valence electrons. The minimum absolute atomic E-state index is 0.486. The zero-order valence-corrected chi connectivity index (χ0v) is 11.1. The van der Waals surface area contributed by atoms with Crippen molar-refractivity contribution in [2.45, 2.75) is 63.5 Å². The van der Waals surface area contributed by atoms with Crippen LogP contribution in [0.4, 0.5) is 0 Å². The molecule has 0 aromatic rings. The third-order valence-corrected chi connectivity index (χ3v) is 5.24. The molecular weight excluding hydrogens is 190 g/mol. The third kappa shape index (κ3) is 2.66. The average Bonchev–Trinajstić information content (AvgIpc) is 2.41. The highest BCUT2D eigenvalue weighted by molar-refractivity contribution is 8.00. The Labute approximate surface area is 93.4 Å². The van der Waals surface area contributed by atoms with Crippen molar-refractivity contribution >= 4 is 11.8 Å². The lowest BCUT2D eigenvalue weighted by atomic mass is 9.87. The molecule has 1 aliphatic rings. The molecule has 0 bridgehead atoms. The summed E-state index contributed by atoms with van der Waals surface area (Å²) in [6, 6.07) is 0.696. The Morgan fingerprint density at radius 1 is 1.50 bits per heavy atom. The molecule has 1 rings (SSSR count). The summed E-state index contributed by atoms with van der Waals surface area (Å²) in [5.74, 6) is 0. The van der Waals surface area contributed by atoms with Gasteiger partial charge in [-0.05, 0) is 31.7 Å². The first kappa shape index (κ1) is 12.4. The average molecular weight is 215 g/mol. The molecule has 0 heterocycles. The molecular formula is C12H25NS. The third-order valence-electron chi connectivity index (χ3n) is 3.58. The van der Waals surface area contributed by atoms with Crippen LogP contribution in [0.1, 0.15) is 47.0 Å². The van der Waals surface area contributed by atoms with Gasteiger partial charge >= 0.3 is 0 Å². The normalized spacial score (nSPS) is 33.2. The molecule has 0 radical (unpaired) electrons. The van der Waals surface area contributed by atoms with E-state index in [9.17, 15) is 0 Å². The zero-order valence-electron chi connectivity index (χ0n) is 10.3. The molecule has 0 aliphatic heterocycles. The van der Waals surface area contributed by atoms with E-state index in [1.165, 1.54) is 19.3 Å². The number of nitrogens with one attached hydrogen (secondary N) is 1. The monoisotopic (exact) mass is 215 g/mol. The fourth-order valence-electron chi connectivity index (χ4n) is 2.46. The molecule has 14 heavy (non-hydrogen) atoms. The second-order valence-electron chi connectivity index (χ2n) is 5.19. The van der Waals surface area contributed by atoms with Gasteiger partial charge in [0.2, 0.25) is 0 Å². The van der Waals surface area contributed by atoms with Crippen LogP contribution < -0.4 is 5.32 Å². The fraction of sp³-hybridized carbons (Fsp3) is 1.00. The maximum Gasteiger partial charge on any atom is 0.0234 e. The first-order valence-corrected chi connectivity index (χ1v) is 6.78. The van der Waals surface area contributed by atoms with Crippen molar-refractivity contribution in [3.8, 4) is 0 Å². The summed E-state index contributed by atoms with van der Waals surface area (Å²) in [7, 11) is 2.11. The van der Waals surface area contributed by atoms with Crippen molar-refractivity contribution in [2.24, 2.45) is 5.41 Å². The van der Waals surface area contributed by atoms with Crippen LogP contribution in [-0.2, 0) is 0 Å². The van der Waals surface area contributed by atoms with Crippen LogP contribution in [0.3, 0.4) is 0 Å². The summed E-state index contributed by atoms with van der Waals surface area (Å²) in [6.07, 6.45) is 4.04. The number of hydrogen-bond acceptors (Lipinski definition) is 2. The van der Waals surface area contributed by atoms with E-state index in [-0.39, 0.29) is 0 Å².